The molecule has 0 amide bonds. The first-order valence-electron chi connectivity index (χ1n) is 13.7. The maximum atomic E-state index is 13.1. The van der Waals surface area contributed by atoms with Crippen LogP contribution in [0, 0.1) is 0 Å². The first-order valence-corrected chi connectivity index (χ1v) is 16.6. The normalized spacial score (nSPS) is 11.8. The second-order valence-corrected chi connectivity index (χ2v) is 13.7. The molecule has 0 atom stereocenters. The highest BCUT2D eigenvalue weighted by molar-refractivity contribution is 8.31. The van der Waals surface area contributed by atoms with E-state index in [4.69, 9.17) is 0 Å². The van der Waals surface area contributed by atoms with Crippen LogP contribution in [0.1, 0.15) is 102 Å². The van der Waals surface area contributed by atoms with Crippen molar-refractivity contribution in [2.24, 2.45) is 0 Å². The van der Waals surface area contributed by atoms with E-state index in [0.717, 1.165) is 49.7 Å². The first-order chi connectivity index (χ1) is 17.8. The number of rotatable bonds is 16. The van der Waals surface area contributed by atoms with Gasteiger partial charge in [0.15, 0.2) is 0 Å². The Bertz CT molecular complexity index is 1120. The van der Waals surface area contributed by atoms with E-state index in [0.29, 0.717) is 0 Å². The molecule has 2 rings (SSSR count). The van der Waals surface area contributed by atoms with Crippen molar-refractivity contribution >= 4 is 24.1 Å². The molecule has 0 radical (unpaired) electrons. The third-order valence-corrected chi connectivity index (χ3v) is 10.8. The summed E-state index contributed by atoms with van der Waals surface area (Å²) in [6.45, 7) is 4.36. The van der Waals surface area contributed by atoms with Gasteiger partial charge in [-0.25, -0.2) is 16.8 Å². The van der Waals surface area contributed by atoms with Gasteiger partial charge in [0.2, 0.25) is 0 Å². The zero-order valence-electron chi connectivity index (χ0n) is 22.4. The summed E-state index contributed by atoms with van der Waals surface area (Å²) in [5.41, 5.74) is 11.4. The minimum absolute atomic E-state index is 0.213. The maximum Gasteiger partial charge on any atom is 0.504 e. The van der Waals surface area contributed by atoms with Crippen molar-refractivity contribution in [2.45, 2.75) is 114 Å². The number of hydrogen-bond donors (Lipinski definition) is 0. The number of aryl methyl sites for hydroxylation is 2. The Morgan fingerprint density at radius 1 is 0.568 bits per heavy atom. The summed E-state index contributed by atoms with van der Waals surface area (Å²) in [5.74, 6) is 0. The summed E-state index contributed by atoms with van der Waals surface area (Å²) in [5, 5.41) is 0. The van der Waals surface area contributed by atoms with Crippen molar-refractivity contribution in [3.63, 3.8) is 0 Å². The number of benzene rings is 2. The summed E-state index contributed by atoms with van der Waals surface area (Å²) >= 11 is 0. The highest BCUT2D eigenvalue weighted by atomic mass is 32.3. The lowest BCUT2D eigenvalue weighted by molar-refractivity contribution is 0.00380. The Morgan fingerprint density at radius 3 is 1.22 bits per heavy atom. The molecule has 2 aromatic carbocycles. The molecule has 37 heavy (non-hydrogen) atoms. The Kier molecular flexibility index (Phi) is 13.3. The zero-order chi connectivity index (χ0) is 27.2. The summed E-state index contributed by atoms with van der Waals surface area (Å²) in [6.07, 6.45) is 15.7. The van der Waals surface area contributed by atoms with Crippen molar-refractivity contribution in [3.05, 3.63) is 65.2 Å². The lowest BCUT2D eigenvalue weighted by Gasteiger charge is -2.06. The van der Waals surface area contributed by atoms with Crippen LogP contribution in [-0.4, -0.2) is 26.0 Å². The molecule has 0 saturated heterocycles. The monoisotopic (exact) mass is 546 g/mol. The zero-order valence-corrected chi connectivity index (χ0v) is 24.0. The number of unbranched alkanes of at least 4 members (excludes halogenated alkanes) is 10. The van der Waals surface area contributed by atoms with Crippen LogP contribution in [-0.2, 0) is 32.5 Å². The average molecular weight is 547 g/mol. The molecule has 0 heterocycles. The molecule has 0 unspecified atom stereocenters. The number of hydrogen-bond acceptors (Lipinski definition) is 4. The van der Waals surface area contributed by atoms with Crippen molar-refractivity contribution < 1.29 is 21.6 Å². The summed E-state index contributed by atoms with van der Waals surface area (Å²) in [4.78, 5) is 2.31. The van der Waals surface area contributed by atoms with Gasteiger partial charge in [0.05, 0.1) is 9.79 Å². The topological polar surface area (TPSA) is 105 Å². The van der Waals surface area contributed by atoms with Crippen LogP contribution in [0.4, 0.5) is 0 Å². The van der Waals surface area contributed by atoms with Crippen LogP contribution in [0.25, 0.3) is 5.53 Å². The molecule has 0 fully saturated rings. The van der Waals surface area contributed by atoms with Gasteiger partial charge < -0.3 is 5.53 Å². The van der Waals surface area contributed by atoms with E-state index in [-0.39, 0.29) is 9.79 Å². The van der Waals surface area contributed by atoms with E-state index in [9.17, 15) is 22.4 Å². The molecule has 204 valence electrons. The Morgan fingerprint density at radius 2 is 0.892 bits per heavy atom. The van der Waals surface area contributed by atoms with Gasteiger partial charge in [0.25, 0.3) is 19.7 Å². The maximum absolute atomic E-state index is 13.1. The van der Waals surface area contributed by atoms with Gasteiger partial charge in [-0.3, -0.25) is 0 Å². The van der Waals surface area contributed by atoms with Crippen LogP contribution in [0.2, 0.25) is 0 Å². The molecule has 0 N–H and O–H groups in total. The predicted molar refractivity (Wildman–Crippen MR) is 150 cm³/mol. The fourth-order valence-corrected chi connectivity index (χ4v) is 7.68. The Hall–Kier alpha value is -2.28. The van der Waals surface area contributed by atoms with E-state index in [1.54, 1.807) is 24.3 Å². The highest BCUT2D eigenvalue weighted by Crippen LogP contribution is 2.22. The molecule has 6 nitrogen and oxygen atoms in total. The van der Waals surface area contributed by atoms with E-state index < -0.39 is 24.1 Å². The summed E-state index contributed by atoms with van der Waals surface area (Å²) < 4.78 is 51.2. The van der Waals surface area contributed by atoms with Gasteiger partial charge >= 0.3 is 4.38 Å². The Labute approximate surface area is 224 Å². The van der Waals surface area contributed by atoms with Gasteiger partial charge in [-0.05, 0) is 61.1 Å². The molecular weight excluding hydrogens is 504 g/mol. The quantitative estimate of drug-likeness (QED) is 0.0722. The lowest BCUT2D eigenvalue weighted by Crippen LogP contribution is -2.26. The van der Waals surface area contributed by atoms with Crippen LogP contribution in [0.3, 0.4) is 0 Å². The predicted octanol–water partition coefficient (Wildman–Crippen LogP) is 7.33. The van der Waals surface area contributed by atoms with Gasteiger partial charge in [-0.15, -0.1) is 4.79 Å². The van der Waals surface area contributed by atoms with Crippen LogP contribution < -0.4 is 0 Å². The van der Waals surface area contributed by atoms with Crippen molar-refractivity contribution in [2.75, 3.05) is 0 Å². The molecule has 0 aromatic heterocycles. The third kappa shape index (κ3) is 9.51. The molecule has 2 aromatic rings. The molecule has 0 aliphatic heterocycles. The van der Waals surface area contributed by atoms with Gasteiger partial charge in [-0.2, -0.15) is 0 Å². The second kappa shape index (κ2) is 15.9. The molecular formula is C29H42N2O4S2. The summed E-state index contributed by atoms with van der Waals surface area (Å²) in [6, 6.07) is 12.3. The van der Waals surface area contributed by atoms with Crippen LogP contribution in [0.5, 0.6) is 0 Å². The third-order valence-electron chi connectivity index (χ3n) is 6.65. The highest BCUT2D eigenvalue weighted by Gasteiger charge is 2.43. The average Bonchev–Trinajstić information content (AvgIpc) is 2.89. The minimum atomic E-state index is -4.53. The second-order valence-electron chi connectivity index (χ2n) is 9.70. The fraction of sp³-hybridized carbons (Fsp3) is 0.552. The van der Waals surface area contributed by atoms with E-state index in [1.165, 1.54) is 75.6 Å². The first kappa shape index (κ1) is 30.9. The minimum Gasteiger partial charge on any atom is -0.359 e. The van der Waals surface area contributed by atoms with Crippen molar-refractivity contribution in [1.82, 2.24) is 0 Å². The van der Waals surface area contributed by atoms with E-state index in [2.05, 4.69) is 18.6 Å². The molecule has 0 aliphatic carbocycles. The van der Waals surface area contributed by atoms with Crippen LogP contribution >= 0.6 is 0 Å². The van der Waals surface area contributed by atoms with Gasteiger partial charge in [-0.1, -0.05) is 102 Å². The van der Waals surface area contributed by atoms with Gasteiger partial charge in [0.1, 0.15) is 0 Å². The largest absolute Gasteiger partial charge is 0.504 e. The van der Waals surface area contributed by atoms with E-state index >= 15 is 0 Å². The van der Waals surface area contributed by atoms with Crippen molar-refractivity contribution in [1.29, 1.82) is 0 Å². The molecule has 0 saturated carbocycles. The summed E-state index contributed by atoms with van der Waals surface area (Å²) in [7, 11) is -9.07. The Balaban J connectivity index is 2.04. The van der Waals surface area contributed by atoms with Crippen molar-refractivity contribution in [3.8, 4) is 0 Å². The standard InChI is InChI=1S/C29H42N2O4S2/c1-3-5-7-9-11-13-15-25-17-21-27(22-18-25)36(32,33)29(31-30)37(34,35)28-23-19-26(20-24-28)16-14-12-10-8-6-4-2/h17-24H,3-16H2,1-2H3. The number of nitrogens with zero attached hydrogens (tertiary/aromatic N) is 2. The molecule has 0 bridgehead atoms. The number of sulfone groups is 2. The SMILES string of the molecule is CCCCCCCCc1ccc(S(=O)(=O)C(=[N+]=[N-])S(=O)(=O)c2ccc(CCCCCCCC)cc2)cc1. The molecule has 0 spiro atoms. The molecule has 0 aliphatic rings. The van der Waals surface area contributed by atoms with Crippen LogP contribution in [0.15, 0.2) is 58.3 Å². The molecule has 8 heteroatoms. The fourth-order valence-electron chi connectivity index (χ4n) is 4.34. The lowest BCUT2D eigenvalue weighted by atomic mass is 10.1. The van der Waals surface area contributed by atoms with E-state index in [1.807, 2.05) is 0 Å². The smallest absolute Gasteiger partial charge is 0.359 e. The van der Waals surface area contributed by atoms with Gasteiger partial charge in [0, 0.05) is 0 Å².